The molecule has 0 aliphatic heterocycles. The third-order valence-electron chi connectivity index (χ3n) is 3.29. The summed E-state index contributed by atoms with van der Waals surface area (Å²) in [6, 6.07) is 9.72. The van der Waals surface area contributed by atoms with Gasteiger partial charge in [0.25, 0.3) is 0 Å². The molecule has 1 atom stereocenters. The Hall–Kier alpha value is -0.960. The summed E-state index contributed by atoms with van der Waals surface area (Å²) in [7, 11) is 0. The van der Waals surface area contributed by atoms with Crippen LogP contribution in [0, 0.1) is 0 Å². The van der Waals surface area contributed by atoms with Crippen molar-refractivity contribution in [2.24, 2.45) is 0 Å². The second-order valence-electron chi connectivity index (χ2n) is 4.67. The summed E-state index contributed by atoms with van der Waals surface area (Å²) in [4.78, 5) is 0. The molecule has 2 rings (SSSR count). The minimum absolute atomic E-state index is 0.0812. The van der Waals surface area contributed by atoms with Gasteiger partial charge in [-0.3, -0.25) is 0 Å². The molecule has 2 aromatic rings. The van der Waals surface area contributed by atoms with Crippen molar-refractivity contribution in [3.63, 3.8) is 0 Å². The SMILES string of the molecule is CCNC(Cc1c(Cl)cccc1Cl)c1ccc(CC)o1. The van der Waals surface area contributed by atoms with E-state index in [9.17, 15) is 0 Å². The lowest BCUT2D eigenvalue weighted by atomic mass is 10.0. The van der Waals surface area contributed by atoms with Gasteiger partial charge in [0.15, 0.2) is 0 Å². The lowest BCUT2D eigenvalue weighted by molar-refractivity contribution is 0.397. The summed E-state index contributed by atoms with van der Waals surface area (Å²) in [6.45, 7) is 5.01. The molecule has 108 valence electrons. The Morgan fingerprint density at radius 2 is 1.80 bits per heavy atom. The fourth-order valence-corrected chi connectivity index (χ4v) is 2.77. The first kappa shape index (κ1) is 15.4. The fraction of sp³-hybridized carbons (Fsp3) is 0.375. The largest absolute Gasteiger partial charge is 0.464 e. The molecule has 1 aromatic carbocycles. The van der Waals surface area contributed by atoms with Crippen molar-refractivity contribution in [3.8, 4) is 0 Å². The number of hydrogen-bond donors (Lipinski definition) is 1. The number of aryl methyl sites for hydroxylation is 1. The molecule has 2 nitrogen and oxygen atoms in total. The van der Waals surface area contributed by atoms with Gasteiger partial charge < -0.3 is 9.73 Å². The monoisotopic (exact) mass is 311 g/mol. The van der Waals surface area contributed by atoms with Gasteiger partial charge in [-0.2, -0.15) is 0 Å². The fourth-order valence-electron chi connectivity index (χ4n) is 2.22. The standard InChI is InChI=1S/C16H19Cl2NO/c1-3-11-8-9-16(20-11)15(19-4-2)10-12-13(17)6-5-7-14(12)18/h5-9,15,19H,3-4,10H2,1-2H3. The predicted molar refractivity (Wildman–Crippen MR) is 84.7 cm³/mol. The van der Waals surface area contributed by atoms with Crippen molar-refractivity contribution in [1.29, 1.82) is 0 Å². The molecule has 0 saturated carbocycles. The summed E-state index contributed by atoms with van der Waals surface area (Å²) in [6.07, 6.45) is 1.61. The highest BCUT2D eigenvalue weighted by Gasteiger charge is 2.18. The summed E-state index contributed by atoms with van der Waals surface area (Å²) in [5, 5.41) is 4.82. The predicted octanol–water partition coefficient (Wildman–Crippen LogP) is 5.04. The molecule has 0 aliphatic rings. The van der Waals surface area contributed by atoms with E-state index in [1.54, 1.807) is 0 Å². The maximum absolute atomic E-state index is 6.25. The van der Waals surface area contributed by atoms with E-state index < -0.39 is 0 Å². The zero-order valence-electron chi connectivity index (χ0n) is 11.7. The van der Waals surface area contributed by atoms with Gasteiger partial charge in [0.05, 0.1) is 6.04 Å². The number of rotatable bonds is 6. The third-order valence-corrected chi connectivity index (χ3v) is 4.00. The number of nitrogens with one attached hydrogen (secondary N) is 1. The van der Waals surface area contributed by atoms with Crippen LogP contribution in [0.25, 0.3) is 0 Å². The Labute approximate surface area is 130 Å². The highest BCUT2D eigenvalue weighted by Crippen LogP contribution is 2.30. The maximum Gasteiger partial charge on any atom is 0.121 e. The molecule has 1 heterocycles. The van der Waals surface area contributed by atoms with Crippen LogP contribution in [0.15, 0.2) is 34.7 Å². The smallest absolute Gasteiger partial charge is 0.121 e. The zero-order chi connectivity index (χ0) is 14.5. The summed E-state index contributed by atoms with van der Waals surface area (Å²) in [5.41, 5.74) is 0.955. The highest BCUT2D eigenvalue weighted by molar-refractivity contribution is 6.36. The molecule has 1 N–H and O–H groups in total. The molecule has 0 fully saturated rings. The van der Waals surface area contributed by atoms with Crippen molar-refractivity contribution in [2.75, 3.05) is 6.54 Å². The molecule has 0 bridgehead atoms. The van der Waals surface area contributed by atoms with Crippen LogP contribution in [0.2, 0.25) is 10.0 Å². The Bertz CT molecular complexity index is 545. The molecular weight excluding hydrogens is 293 g/mol. The first-order valence-corrected chi connectivity index (χ1v) is 7.66. The summed E-state index contributed by atoms with van der Waals surface area (Å²) < 4.78 is 5.85. The lowest BCUT2D eigenvalue weighted by Gasteiger charge is -2.17. The molecular formula is C16H19Cl2NO. The van der Waals surface area contributed by atoms with Crippen molar-refractivity contribution < 1.29 is 4.42 Å². The molecule has 0 aliphatic carbocycles. The van der Waals surface area contributed by atoms with E-state index in [0.717, 1.165) is 30.0 Å². The van der Waals surface area contributed by atoms with Crippen molar-refractivity contribution in [2.45, 2.75) is 32.7 Å². The van der Waals surface area contributed by atoms with Crippen LogP contribution >= 0.6 is 23.2 Å². The minimum atomic E-state index is 0.0812. The second-order valence-corrected chi connectivity index (χ2v) is 5.49. The van der Waals surface area contributed by atoms with Crippen LogP contribution in [0.1, 0.15) is 37.0 Å². The van der Waals surface area contributed by atoms with Crippen LogP contribution in [0.5, 0.6) is 0 Å². The van der Waals surface area contributed by atoms with Crippen LogP contribution in [0.3, 0.4) is 0 Å². The Kier molecular flexibility index (Phi) is 5.53. The second kappa shape index (κ2) is 7.16. The molecule has 0 spiro atoms. The van der Waals surface area contributed by atoms with Crippen LogP contribution < -0.4 is 5.32 Å². The molecule has 0 amide bonds. The Morgan fingerprint density at radius 3 is 2.35 bits per heavy atom. The molecule has 4 heteroatoms. The number of furan rings is 1. The van der Waals surface area contributed by atoms with Gasteiger partial charge in [-0.15, -0.1) is 0 Å². The van der Waals surface area contributed by atoms with E-state index in [1.165, 1.54) is 0 Å². The van der Waals surface area contributed by atoms with Gasteiger partial charge in [-0.1, -0.05) is 43.1 Å². The number of likely N-dealkylation sites (N-methyl/N-ethyl adjacent to an activating group) is 1. The van der Waals surface area contributed by atoms with E-state index >= 15 is 0 Å². The van der Waals surface area contributed by atoms with Gasteiger partial charge in [0.1, 0.15) is 11.5 Å². The van der Waals surface area contributed by atoms with Gasteiger partial charge in [0, 0.05) is 16.5 Å². The van der Waals surface area contributed by atoms with Crippen molar-refractivity contribution in [3.05, 3.63) is 57.5 Å². The van der Waals surface area contributed by atoms with E-state index in [2.05, 4.69) is 19.2 Å². The molecule has 20 heavy (non-hydrogen) atoms. The van der Waals surface area contributed by atoms with Crippen LogP contribution in [-0.4, -0.2) is 6.54 Å². The zero-order valence-corrected chi connectivity index (χ0v) is 13.3. The van der Waals surface area contributed by atoms with Gasteiger partial charge >= 0.3 is 0 Å². The van der Waals surface area contributed by atoms with E-state index in [1.807, 2.05) is 30.3 Å². The highest BCUT2D eigenvalue weighted by atomic mass is 35.5. The molecule has 0 radical (unpaired) electrons. The first-order valence-electron chi connectivity index (χ1n) is 6.90. The minimum Gasteiger partial charge on any atom is -0.464 e. The Balaban J connectivity index is 2.25. The molecule has 1 aromatic heterocycles. The topological polar surface area (TPSA) is 25.2 Å². The Morgan fingerprint density at radius 1 is 1.10 bits per heavy atom. The number of benzene rings is 1. The summed E-state index contributed by atoms with van der Waals surface area (Å²) >= 11 is 12.5. The average Bonchev–Trinajstić information content (AvgIpc) is 2.90. The quantitative estimate of drug-likeness (QED) is 0.808. The van der Waals surface area contributed by atoms with Gasteiger partial charge in [-0.25, -0.2) is 0 Å². The number of halogens is 2. The number of hydrogen-bond acceptors (Lipinski definition) is 2. The van der Waals surface area contributed by atoms with E-state index in [4.69, 9.17) is 27.6 Å². The normalized spacial score (nSPS) is 12.6. The lowest BCUT2D eigenvalue weighted by Crippen LogP contribution is -2.22. The van der Waals surface area contributed by atoms with Gasteiger partial charge in [0.2, 0.25) is 0 Å². The van der Waals surface area contributed by atoms with Gasteiger partial charge in [-0.05, 0) is 42.8 Å². The first-order chi connectivity index (χ1) is 9.65. The average molecular weight is 312 g/mol. The van der Waals surface area contributed by atoms with E-state index in [-0.39, 0.29) is 6.04 Å². The molecule has 0 saturated heterocycles. The molecule has 1 unspecified atom stereocenters. The van der Waals surface area contributed by atoms with Crippen LogP contribution in [0.4, 0.5) is 0 Å². The van der Waals surface area contributed by atoms with Crippen LogP contribution in [-0.2, 0) is 12.8 Å². The summed E-state index contributed by atoms with van der Waals surface area (Å²) in [5.74, 6) is 1.92. The van der Waals surface area contributed by atoms with Crippen molar-refractivity contribution in [1.82, 2.24) is 5.32 Å². The van der Waals surface area contributed by atoms with Crippen molar-refractivity contribution >= 4 is 23.2 Å². The maximum atomic E-state index is 6.25. The third kappa shape index (κ3) is 3.57. The van der Waals surface area contributed by atoms with E-state index in [0.29, 0.717) is 16.5 Å².